The van der Waals surface area contributed by atoms with Crippen LogP contribution in [0.2, 0.25) is 0 Å². The molecule has 116 valence electrons. The van der Waals surface area contributed by atoms with Crippen molar-refractivity contribution in [2.24, 2.45) is 0 Å². The molecule has 0 aliphatic carbocycles. The number of anilines is 2. The summed E-state index contributed by atoms with van der Waals surface area (Å²) < 4.78 is 13.5. The topological polar surface area (TPSA) is 58.4 Å². The van der Waals surface area contributed by atoms with Crippen LogP contribution in [-0.2, 0) is 4.79 Å². The molecule has 6 heteroatoms. The molecule has 0 aromatic heterocycles. The summed E-state index contributed by atoms with van der Waals surface area (Å²) in [6.45, 7) is 4.21. The molecule has 1 fully saturated rings. The Labute approximate surface area is 129 Å². The average molecular weight is 311 g/mol. The van der Waals surface area contributed by atoms with Gasteiger partial charge < -0.3 is 11.1 Å². The Morgan fingerprint density at radius 3 is 3.14 bits per heavy atom. The number of carbonyl (C=O) groups is 1. The molecule has 0 bridgehead atoms. The molecule has 1 aliphatic heterocycles. The van der Waals surface area contributed by atoms with Crippen molar-refractivity contribution in [3.8, 4) is 0 Å². The standard InChI is InChI=1S/C15H22FN3OS/c1-11-10-21-8-7-19(11)6-2-3-15(20)18-14-9-12(17)4-5-13(14)16/h4-5,9,11H,2-3,6-8,10,17H2,1H3,(H,18,20). The zero-order valence-electron chi connectivity index (χ0n) is 12.3. The van der Waals surface area contributed by atoms with E-state index in [-0.39, 0.29) is 11.6 Å². The molecule has 2 rings (SSSR count). The molecule has 1 atom stereocenters. The van der Waals surface area contributed by atoms with Crippen LogP contribution in [-0.4, -0.2) is 41.4 Å². The molecule has 4 nitrogen and oxygen atoms in total. The van der Waals surface area contributed by atoms with Crippen molar-refractivity contribution in [1.82, 2.24) is 4.90 Å². The second-order valence-electron chi connectivity index (χ2n) is 5.35. The number of nitrogen functional groups attached to an aromatic ring is 1. The maximum atomic E-state index is 13.5. The lowest BCUT2D eigenvalue weighted by molar-refractivity contribution is -0.116. The van der Waals surface area contributed by atoms with Crippen molar-refractivity contribution < 1.29 is 9.18 Å². The summed E-state index contributed by atoms with van der Waals surface area (Å²) in [5.74, 6) is 1.68. The van der Waals surface area contributed by atoms with Crippen LogP contribution in [0.25, 0.3) is 0 Å². The molecule has 1 saturated heterocycles. The van der Waals surface area contributed by atoms with Gasteiger partial charge >= 0.3 is 0 Å². The number of hydrogen-bond donors (Lipinski definition) is 2. The van der Waals surface area contributed by atoms with Gasteiger partial charge in [0.05, 0.1) is 5.69 Å². The van der Waals surface area contributed by atoms with Gasteiger partial charge in [-0.25, -0.2) is 4.39 Å². The molecule has 3 N–H and O–H groups in total. The zero-order chi connectivity index (χ0) is 15.2. The lowest BCUT2D eigenvalue weighted by Gasteiger charge is -2.32. The molecule has 1 aromatic carbocycles. The molecule has 1 unspecified atom stereocenters. The minimum Gasteiger partial charge on any atom is -0.399 e. The Morgan fingerprint density at radius 2 is 2.38 bits per heavy atom. The van der Waals surface area contributed by atoms with Crippen molar-refractivity contribution in [2.75, 3.05) is 35.6 Å². The normalized spacial score (nSPS) is 19.4. The highest BCUT2D eigenvalue weighted by atomic mass is 32.2. The van der Waals surface area contributed by atoms with Gasteiger partial charge in [-0.3, -0.25) is 9.69 Å². The number of nitrogens with zero attached hydrogens (tertiary/aromatic N) is 1. The Bertz CT molecular complexity index is 498. The first-order valence-corrected chi connectivity index (χ1v) is 8.38. The first-order chi connectivity index (χ1) is 10.1. The average Bonchev–Trinajstić information content (AvgIpc) is 2.45. The molecule has 1 aromatic rings. The largest absolute Gasteiger partial charge is 0.399 e. The third-order valence-electron chi connectivity index (χ3n) is 3.62. The van der Waals surface area contributed by atoms with Crippen molar-refractivity contribution >= 4 is 29.0 Å². The molecule has 1 aliphatic rings. The summed E-state index contributed by atoms with van der Waals surface area (Å²) in [6, 6.07) is 4.74. The summed E-state index contributed by atoms with van der Waals surface area (Å²) in [6.07, 6.45) is 1.18. The number of amides is 1. The number of halogens is 1. The van der Waals surface area contributed by atoms with Crippen molar-refractivity contribution in [3.05, 3.63) is 24.0 Å². The smallest absolute Gasteiger partial charge is 0.224 e. The third kappa shape index (κ3) is 4.89. The molecule has 0 spiro atoms. The van der Waals surface area contributed by atoms with E-state index in [1.165, 1.54) is 18.2 Å². The summed E-state index contributed by atoms with van der Waals surface area (Å²) in [4.78, 5) is 14.3. The Balaban J connectivity index is 1.75. The highest BCUT2D eigenvalue weighted by Crippen LogP contribution is 2.18. The maximum Gasteiger partial charge on any atom is 0.224 e. The van der Waals surface area contributed by atoms with E-state index in [1.807, 2.05) is 11.8 Å². The Morgan fingerprint density at radius 1 is 1.57 bits per heavy atom. The predicted molar refractivity (Wildman–Crippen MR) is 87.0 cm³/mol. The van der Waals surface area contributed by atoms with Crippen LogP contribution in [0.15, 0.2) is 18.2 Å². The van der Waals surface area contributed by atoms with E-state index in [1.54, 1.807) is 0 Å². The van der Waals surface area contributed by atoms with E-state index in [0.29, 0.717) is 18.2 Å². The fourth-order valence-electron chi connectivity index (χ4n) is 2.39. The molecule has 1 amide bonds. The number of nitrogens with two attached hydrogens (primary N) is 1. The second kappa shape index (κ2) is 7.66. The third-order valence-corrected chi connectivity index (χ3v) is 4.81. The number of benzene rings is 1. The zero-order valence-corrected chi connectivity index (χ0v) is 13.1. The van der Waals surface area contributed by atoms with Gasteiger partial charge in [-0.15, -0.1) is 0 Å². The number of carbonyl (C=O) groups excluding carboxylic acids is 1. The fraction of sp³-hybridized carbons (Fsp3) is 0.533. The molecule has 21 heavy (non-hydrogen) atoms. The molecular weight excluding hydrogens is 289 g/mol. The monoisotopic (exact) mass is 311 g/mol. The molecular formula is C15H22FN3OS. The van der Waals surface area contributed by atoms with Crippen LogP contribution < -0.4 is 11.1 Å². The van der Waals surface area contributed by atoms with Gasteiger partial charge in [0.15, 0.2) is 0 Å². The molecule has 0 saturated carbocycles. The highest BCUT2D eigenvalue weighted by molar-refractivity contribution is 7.99. The van der Waals surface area contributed by atoms with Crippen molar-refractivity contribution in [1.29, 1.82) is 0 Å². The molecule has 0 radical (unpaired) electrons. The number of hydrogen-bond acceptors (Lipinski definition) is 4. The fourth-order valence-corrected chi connectivity index (χ4v) is 3.47. The summed E-state index contributed by atoms with van der Waals surface area (Å²) >= 11 is 1.98. The van der Waals surface area contributed by atoms with E-state index in [4.69, 9.17) is 5.73 Å². The Kier molecular flexibility index (Phi) is 5.87. The minimum atomic E-state index is -0.459. The first kappa shape index (κ1) is 16.1. The quantitative estimate of drug-likeness (QED) is 0.821. The molecule has 1 heterocycles. The maximum absolute atomic E-state index is 13.5. The van der Waals surface area contributed by atoms with Gasteiger partial charge in [-0.2, -0.15) is 11.8 Å². The first-order valence-electron chi connectivity index (χ1n) is 7.23. The van der Waals surface area contributed by atoms with E-state index >= 15 is 0 Å². The van der Waals surface area contributed by atoms with Gasteiger partial charge in [0.1, 0.15) is 5.82 Å². The van der Waals surface area contributed by atoms with Crippen LogP contribution in [0.3, 0.4) is 0 Å². The van der Waals surface area contributed by atoms with Crippen LogP contribution in [0, 0.1) is 5.82 Å². The van der Waals surface area contributed by atoms with E-state index < -0.39 is 5.82 Å². The van der Waals surface area contributed by atoms with E-state index in [0.717, 1.165) is 31.0 Å². The number of rotatable bonds is 5. The van der Waals surface area contributed by atoms with Gasteiger partial charge in [0.2, 0.25) is 5.91 Å². The summed E-state index contributed by atoms with van der Waals surface area (Å²) in [7, 11) is 0. The number of thioether (sulfide) groups is 1. The summed E-state index contributed by atoms with van der Waals surface area (Å²) in [5, 5.41) is 2.58. The van der Waals surface area contributed by atoms with Crippen molar-refractivity contribution in [3.63, 3.8) is 0 Å². The lowest BCUT2D eigenvalue weighted by atomic mass is 10.2. The van der Waals surface area contributed by atoms with Crippen LogP contribution in [0.5, 0.6) is 0 Å². The van der Waals surface area contributed by atoms with E-state index in [2.05, 4.69) is 17.1 Å². The van der Waals surface area contributed by atoms with Crippen LogP contribution in [0.1, 0.15) is 19.8 Å². The van der Waals surface area contributed by atoms with Crippen molar-refractivity contribution in [2.45, 2.75) is 25.8 Å². The summed E-state index contributed by atoms with van der Waals surface area (Å²) in [5.41, 5.74) is 6.18. The van der Waals surface area contributed by atoms with Crippen LogP contribution >= 0.6 is 11.8 Å². The van der Waals surface area contributed by atoms with Crippen LogP contribution in [0.4, 0.5) is 15.8 Å². The lowest BCUT2D eigenvalue weighted by Crippen LogP contribution is -2.41. The Hall–Kier alpha value is -1.27. The second-order valence-corrected chi connectivity index (χ2v) is 6.50. The minimum absolute atomic E-state index is 0.155. The van der Waals surface area contributed by atoms with Gasteiger partial charge in [-0.1, -0.05) is 0 Å². The number of nitrogens with one attached hydrogen (secondary N) is 1. The van der Waals surface area contributed by atoms with Gasteiger partial charge in [-0.05, 0) is 38.1 Å². The van der Waals surface area contributed by atoms with Gasteiger partial charge in [0.25, 0.3) is 0 Å². The van der Waals surface area contributed by atoms with Gasteiger partial charge in [0, 0.05) is 36.2 Å². The SMILES string of the molecule is CC1CSCCN1CCCC(=O)Nc1cc(N)ccc1F. The highest BCUT2D eigenvalue weighted by Gasteiger charge is 2.18. The predicted octanol–water partition coefficient (Wildman–Crippen LogP) is 2.56. The van der Waals surface area contributed by atoms with E-state index in [9.17, 15) is 9.18 Å².